The SMILES string of the molecule is O=C1C[C@@H](c2ccc(C(F)(F)F)cc2)c2cnn(-c3ccc(Cl)cc3)c2N1. The van der Waals surface area contributed by atoms with Crippen molar-refractivity contribution in [3.63, 3.8) is 0 Å². The van der Waals surface area contributed by atoms with Crippen LogP contribution < -0.4 is 5.32 Å². The Morgan fingerprint density at radius 3 is 2.37 bits per heavy atom. The lowest BCUT2D eigenvalue weighted by molar-refractivity contribution is -0.137. The van der Waals surface area contributed by atoms with Crippen LogP contribution in [0.5, 0.6) is 0 Å². The molecule has 1 amide bonds. The van der Waals surface area contributed by atoms with E-state index < -0.39 is 11.7 Å². The summed E-state index contributed by atoms with van der Waals surface area (Å²) in [5, 5.41) is 7.72. The lowest BCUT2D eigenvalue weighted by Crippen LogP contribution is -2.24. The van der Waals surface area contributed by atoms with Crippen molar-refractivity contribution in [3.8, 4) is 5.69 Å². The number of rotatable bonds is 2. The highest BCUT2D eigenvalue weighted by atomic mass is 35.5. The van der Waals surface area contributed by atoms with Crippen LogP contribution in [0, 0.1) is 0 Å². The van der Waals surface area contributed by atoms with Crippen molar-refractivity contribution in [1.82, 2.24) is 9.78 Å². The number of halogens is 4. The summed E-state index contributed by atoms with van der Waals surface area (Å²) in [6, 6.07) is 11.8. The van der Waals surface area contributed by atoms with E-state index >= 15 is 0 Å². The van der Waals surface area contributed by atoms with Gasteiger partial charge in [0.1, 0.15) is 5.82 Å². The number of nitrogens with one attached hydrogen (secondary N) is 1. The smallest absolute Gasteiger partial charge is 0.310 e. The van der Waals surface area contributed by atoms with Crippen LogP contribution in [0.3, 0.4) is 0 Å². The molecule has 0 spiro atoms. The maximum Gasteiger partial charge on any atom is 0.416 e. The molecular formula is C19H13ClF3N3O. The third-order valence-electron chi connectivity index (χ3n) is 4.53. The van der Waals surface area contributed by atoms with Crippen LogP contribution in [0.2, 0.25) is 5.02 Å². The van der Waals surface area contributed by atoms with E-state index in [0.717, 1.165) is 17.7 Å². The Bertz CT molecular complexity index is 995. The molecule has 4 nitrogen and oxygen atoms in total. The zero-order chi connectivity index (χ0) is 19.2. The Balaban J connectivity index is 1.74. The predicted molar refractivity (Wildman–Crippen MR) is 95.1 cm³/mol. The number of amides is 1. The second-order valence-corrected chi connectivity index (χ2v) is 6.70. The summed E-state index contributed by atoms with van der Waals surface area (Å²) in [6.45, 7) is 0. The number of hydrogen-bond donors (Lipinski definition) is 1. The van der Waals surface area contributed by atoms with Gasteiger partial charge in [-0.05, 0) is 42.0 Å². The van der Waals surface area contributed by atoms with E-state index in [1.54, 1.807) is 35.1 Å². The van der Waals surface area contributed by atoms with Crippen molar-refractivity contribution in [3.05, 3.63) is 76.4 Å². The quantitative estimate of drug-likeness (QED) is 0.666. The van der Waals surface area contributed by atoms with Gasteiger partial charge in [-0.15, -0.1) is 0 Å². The van der Waals surface area contributed by atoms with Gasteiger partial charge in [0.25, 0.3) is 0 Å². The molecule has 0 unspecified atom stereocenters. The largest absolute Gasteiger partial charge is 0.416 e. The van der Waals surface area contributed by atoms with Gasteiger partial charge in [0.05, 0.1) is 17.4 Å². The summed E-state index contributed by atoms with van der Waals surface area (Å²) in [6.07, 6.45) is -2.62. The van der Waals surface area contributed by atoms with Gasteiger partial charge in [-0.3, -0.25) is 4.79 Å². The Morgan fingerprint density at radius 1 is 1.07 bits per heavy atom. The first kappa shape index (κ1) is 17.6. The van der Waals surface area contributed by atoms with E-state index in [1.165, 1.54) is 12.1 Å². The molecular weight excluding hydrogens is 379 g/mol. The predicted octanol–water partition coefficient (Wildman–Crippen LogP) is 5.02. The maximum atomic E-state index is 12.8. The van der Waals surface area contributed by atoms with Crippen molar-refractivity contribution in [2.24, 2.45) is 0 Å². The highest BCUT2D eigenvalue weighted by molar-refractivity contribution is 6.30. The standard InChI is InChI=1S/C19H13ClF3N3O/c20-13-5-7-14(8-6-13)26-18-16(10-24-26)15(9-17(27)25-18)11-1-3-12(4-2-11)19(21,22)23/h1-8,10,15H,9H2,(H,25,27)/t15-/m0/s1. The van der Waals surface area contributed by atoms with Crippen molar-refractivity contribution in [1.29, 1.82) is 0 Å². The summed E-state index contributed by atoms with van der Waals surface area (Å²) in [5.74, 6) is -0.0707. The van der Waals surface area contributed by atoms with Gasteiger partial charge in [0.2, 0.25) is 5.91 Å². The summed E-state index contributed by atoms with van der Waals surface area (Å²) in [4.78, 5) is 12.2. The van der Waals surface area contributed by atoms with Crippen molar-refractivity contribution < 1.29 is 18.0 Å². The summed E-state index contributed by atoms with van der Waals surface area (Å²) in [5.41, 5.74) is 1.39. The number of fused-ring (bicyclic) bond motifs is 1. The Hall–Kier alpha value is -2.80. The first-order valence-corrected chi connectivity index (χ1v) is 8.51. The van der Waals surface area contributed by atoms with Crippen LogP contribution in [0.4, 0.5) is 19.0 Å². The highest BCUT2D eigenvalue weighted by Crippen LogP contribution is 2.39. The molecule has 3 aromatic rings. The molecule has 1 atom stereocenters. The summed E-state index contributed by atoms with van der Waals surface area (Å²) in [7, 11) is 0. The minimum Gasteiger partial charge on any atom is -0.310 e. The lowest BCUT2D eigenvalue weighted by Gasteiger charge is -2.24. The molecule has 1 N–H and O–H groups in total. The Kier molecular flexibility index (Phi) is 4.19. The Morgan fingerprint density at radius 2 is 1.74 bits per heavy atom. The zero-order valence-electron chi connectivity index (χ0n) is 13.8. The van der Waals surface area contributed by atoms with Crippen LogP contribution in [-0.2, 0) is 11.0 Å². The summed E-state index contributed by atoms with van der Waals surface area (Å²) >= 11 is 5.91. The van der Waals surface area contributed by atoms with Gasteiger partial charge >= 0.3 is 6.18 Å². The average molecular weight is 392 g/mol. The minimum atomic E-state index is -4.40. The van der Waals surface area contributed by atoms with Crippen LogP contribution >= 0.6 is 11.6 Å². The number of carbonyl (C=O) groups excluding carboxylic acids is 1. The van der Waals surface area contributed by atoms with Gasteiger partial charge in [-0.25, -0.2) is 4.68 Å². The fraction of sp³-hybridized carbons (Fsp3) is 0.158. The fourth-order valence-corrected chi connectivity index (χ4v) is 3.33. The molecule has 0 radical (unpaired) electrons. The van der Waals surface area contributed by atoms with E-state index in [9.17, 15) is 18.0 Å². The summed E-state index contributed by atoms with van der Waals surface area (Å²) < 4.78 is 40.0. The second kappa shape index (κ2) is 6.42. The molecule has 2 aromatic carbocycles. The van der Waals surface area contributed by atoms with Gasteiger partial charge in [0, 0.05) is 22.9 Å². The van der Waals surface area contributed by atoms with Crippen LogP contribution in [-0.4, -0.2) is 15.7 Å². The number of alkyl halides is 3. The molecule has 4 rings (SSSR count). The highest BCUT2D eigenvalue weighted by Gasteiger charge is 2.33. The van der Waals surface area contributed by atoms with Gasteiger partial charge in [-0.2, -0.15) is 18.3 Å². The second-order valence-electron chi connectivity index (χ2n) is 6.26. The van der Waals surface area contributed by atoms with Crippen LogP contribution in [0.25, 0.3) is 5.69 Å². The Labute approximate surface area is 157 Å². The van der Waals surface area contributed by atoms with Crippen LogP contribution in [0.15, 0.2) is 54.7 Å². The van der Waals surface area contributed by atoms with Gasteiger partial charge in [-0.1, -0.05) is 23.7 Å². The van der Waals surface area contributed by atoms with Gasteiger partial charge < -0.3 is 5.32 Å². The number of hydrogen-bond acceptors (Lipinski definition) is 2. The van der Waals surface area contributed by atoms with Crippen LogP contribution in [0.1, 0.15) is 29.0 Å². The fourth-order valence-electron chi connectivity index (χ4n) is 3.20. The molecule has 0 bridgehead atoms. The first-order chi connectivity index (χ1) is 12.8. The number of carbonyl (C=O) groups is 1. The topological polar surface area (TPSA) is 46.9 Å². The van der Waals surface area contributed by atoms with E-state index in [1.807, 2.05) is 0 Å². The van der Waals surface area contributed by atoms with E-state index in [0.29, 0.717) is 22.1 Å². The number of anilines is 1. The lowest BCUT2D eigenvalue weighted by atomic mass is 9.87. The molecule has 1 aromatic heterocycles. The zero-order valence-corrected chi connectivity index (χ0v) is 14.6. The first-order valence-electron chi connectivity index (χ1n) is 8.14. The molecule has 0 aliphatic carbocycles. The van der Waals surface area contributed by atoms with E-state index in [2.05, 4.69) is 10.4 Å². The van der Waals surface area contributed by atoms with E-state index in [4.69, 9.17) is 11.6 Å². The molecule has 1 aliphatic heterocycles. The van der Waals surface area contributed by atoms with Crippen molar-refractivity contribution in [2.45, 2.75) is 18.5 Å². The number of nitrogens with zero attached hydrogens (tertiary/aromatic N) is 2. The van der Waals surface area contributed by atoms with Crippen molar-refractivity contribution >= 4 is 23.3 Å². The average Bonchev–Trinajstić information content (AvgIpc) is 3.05. The maximum absolute atomic E-state index is 12.8. The third kappa shape index (κ3) is 3.30. The molecule has 0 fully saturated rings. The van der Waals surface area contributed by atoms with E-state index in [-0.39, 0.29) is 18.2 Å². The molecule has 2 heterocycles. The molecule has 27 heavy (non-hydrogen) atoms. The molecule has 138 valence electrons. The molecule has 1 aliphatic rings. The molecule has 8 heteroatoms. The monoisotopic (exact) mass is 391 g/mol. The number of benzene rings is 2. The normalized spacial score (nSPS) is 16.7. The molecule has 0 saturated heterocycles. The van der Waals surface area contributed by atoms with Crippen molar-refractivity contribution in [2.75, 3.05) is 5.32 Å². The third-order valence-corrected chi connectivity index (χ3v) is 4.78. The van der Waals surface area contributed by atoms with Gasteiger partial charge in [0.15, 0.2) is 0 Å². The molecule has 0 saturated carbocycles. The number of aromatic nitrogens is 2. The minimum absolute atomic E-state index is 0.144.